The number of hydrogen-bond donors (Lipinski definition) is 0. The normalized spacial score (nSPS) is 22.3. The Labute approximate surface area is 104 Å². The van der Waals surface area contributed by atoms with Crippen LogP contribution in [0.3, 0.4) is 0 Å². The number of ether oxygens (including phenoxy) is 1. The molecule has 1 unspecified atom stereocenters. The van der Waals surface area contributed by atoms with E-state index in [1.807, 2.05) is 6.07 Å². The van der Waals surface area contributed by atoms with Gasteiger partial charge in [-0.2, -0.15) is 0 Å². The van der Waals surface area contributed by atoms with Crippen LogP contribution in [0.5, 0.6) is 5.75 Å². The fourth-order valence-electron chi connectivity index (χ4n) is 2.63. The van der Waals surface area contributed by atoms with Crippen molar-refractivity contribution in [2.75, 3.05) is 7.11 Å². The van der Waals surface area contributed by atoms with E-state index in [9.17, 15) is 9.59 Å². The topological polar surface area (TPSA) is 43.4 Å². The number of benzene rings is 1. The summed E-state index contributed by atoms with van der Waals surface area (Å²) in [5, 5.41) is 2.04. The third-order valence-corrected chi connectivity index (χ3v) is 8.98. The van der Waals surface area contributed by atoms with Gasteiger partial charge in [-0.05, 0) is 0 Å². The molecule has 1 atom stereocenters. The summed E-state index contributed by atoms with van der Waals surface area (Å²) in [6.07, 6.45) is 1.31. The Morgan fingerprint density at radius 2 is 1.82 bits per heavy atom. The molecule has 2 heterocycles. The van der Waals surface area contributed by atoms with Crippen molar-refractivity contribution in [3.05, 3.63) is 23.3 Å². The summed E-state index contributed by atoms with van der Waals surface area (Å²) >= 11 is -1.17. The first-order valence-corrected chi connectivity index (χ1v) is 9.34. The van der Waals surface area contributed by atoms with Gasteiger partial charge in [0.2, 0.25) is 0 Å². The molecule has 0 N–H and O–H groups in total. The van der Waals surface area contributed by atoms with Crippen molar-refractivity contribution in [2.45, 2.75) is 23.3 Å². The second kappa shape index (κ2) is 3.99. The summed E-state index contributed by atoms with van der Waals surface area (Å²) in [5.74, 6) is 1.01. The molecule has 0 spiro atoms. The van der Waals surface area contributed by atoms with Crippen LogP contribution in [0.4, 0.5) is 0 Å². The average Bonchev–Trinajstić information content (AvgIpc) is 2.36. The number of carbonyl (C=O) groups is 2. The second-order valence-corrected chi connectivity index (χ2v) is 9.45. The van der Waals surface area contributed by atoms with E-state index in [0.717, 1.165) is 25.9 Å². The van der Waals surface area contributed by atoms with Crippen LogP contribution in [0, 0.1) is 0 Å². The molecule has 88 valence electrons. The molecule has 0 fully saturated rings. The van der Waals surface area contributed by atoms with Crippen molar-refractivity contribution >= 4 is 30.6 Å². The van der Waals surface area contributed by atoms with Crippen LogP contribution in [0.1, 0.15) is 33.6 Å². The van der Waals surface area contributed by atoms with Gasteiger partial charge in [0, 0.05) is 0 Å². The molecule has 0 saturated heterocycles. The van der Waals surface area contributed by atoms with E-state index in [4.69, 9.17) is 4.74 Å². The predicted molar refractivity (Wildman–Crippen MR) is 65.9 cm³/mol. The minimum absolute atomic E-state index is 0.152. The molecule has 2 aliphatic heterocycles. The monoisotopic (exact) mass is 292 g/mol. The van der Waals surface area contributed by atoms with Crippen LogP contribution >= 0.6 is 0 Å². The summed E-state index contributed by atoms with van der Waals surface area (Å²) in [7, 11) is 1.59. The molecule has 3 rings (SSSR count). The van der Waals surface area contributed by atoms with Crippen LogP contribution in [0.2, 0.25) is 10.4 Å². The Morgan fingerprint density at radius 1 is 1.12 bits per heavy atom. The van der Waals surface area contributed by atoms with Crippen molar-refractivity contribution < 1.29 is 14.3 Å². The first-order chi connectivity index (χ1) is 8.22. The third-order valence-electron chi connectivity index (χ3n) is 3.47. The Balaban J connectivity index is 2.30. The molecule has 3 nitrogen and oxygen atoms in total. The molecule has 1 aromatic carbocycles. The van der Waals surface area contributed by atoms with Crippen LogP contribution in [0.25, 0.3) is 0 Å². The van der Waals surface area contributed by atoms with Gasteiger partial charge in [-0.25, -0.2) is 0 Å². The number of methoxy groups -OCH3 is 1. The summed E-state index contributed by atoms with van der Waals surface area (Å²) in [5.41, 5.74) is 1.53. The van der Waals surface area contributed by atoms with Crippen molar-refractivity contribution in [3.63, 3.8) is 0 Å². The Bertz CT molecular complexity index is 520. The Hall–Kier alpha value is -1.08. The predicted octanol–water partition coefficient (Wildman–Crippen LogP) is 1.57. The van der Waals surface area contributed by atoms with Crippen molar-refractivity contribution in [1.29, 1.82) is 0 Å². The number of carbonyl (C=O) groups excluding carboxylic acids is 2. The molecule has 0 radical (unpaired) electrons. The fraction of sp³-hybridized carbons (Fsp3) is 0.385. The zero-order valence-electron chi connectivity index (χ0n) is 9.66. The van der Waals surface area contributed by atoms with E-state index in [2.05, 4.69) is 0 Å². The molecule has 2 aliphatic rings. The standard InChI is InChI=1S/C13H13AsO3/c1-17-11-3-2-8-9(15)4-6-14-7-5-10(16)12(11)13(8)14/h2-3H,4-7H2,1H3. The summed E-state index contributed by atoms with van der Waals surface area (Å²) in [6, 6.07) is 3.62. The molecule has 17 heavy (non-hydrogen) atoms. The summed E-state index contributed by atoms with van der Waals surface area (Å²) < 4.78 is 6.38. The van der Waals surface area contributed by atoms with Gasteiger partial charge in [0.15, 0.2) is 0 Å². The van der Waals surface area contributed by atoms with Gasteiger partial charge in [0.05, 0.1) is 0 Å². The maximum absolute atomic E-state index is 12.0. The van der Waals surface area contributed by atoms with Gasteiger partial charge in [0.1, 0.15) is 0 Å². The molecule has 0 bridgehead atoms. The molecular weight excluding hydrogens is 279 g/mol. The van der Waals surface area contributed by atoms with E-state index in [0.29, 0.717) is 18.6 Å². The van der Waals surface area contributed by atoms with Crippen molar-refractivity contribution in [2.24, 2.45) is 0 Å². The number of hydrogen-bond acceptors (Lipinski definition) is 3. The van der Waals surface area contributed by atoms with Gasteiger partial charge in [-0.3, -0.25) is 0 Å². The Morgan fingerprint density at radius 3 is 2.53 bits per heavy atom. The van der Waals surface area contributed by atoms with Gasteiger partial charge in [-0.15, -0.1) is 0 Å². The molecule has 0 aliphatic carbocycles. The van der Waals surface area contributed by atoms with E-state index >= 15 is 0 Å². The molecule has 0 saturated carbocycles. The first kappa shape index (κ1) is 11.0. The Kier molecular flexibility index (Phi) is 2.59. The molecule has 1 aromatic rings. The zero-order valence-corrected chi connectivity index (χ0v) is 11.5. The van der Waals surface area contributed by atoms with E-state index in [1.165, 1.54) is 0 Å². The first-order valence-electron chi connectivity index (χ1n) is 5.74. The van der Waals surface area contributed by atoms with Crippen LogP contribution in [-0.4, -0.2) is 33.3 Å². The van der Waals surface area contributed by atoms with E-state index in [1.54, 1.807) is 13.2 Å². The maximum atomic E-state index is 12.0. The van der Waals surface area contributed by atoms with Crippen molar-refractivity contribution in [3.8, 4) is 5.75 Å². The van der Waals surface area contributed by atoms with Gasteiger partial charge in [0.25, 0.3) is 0 Å². The van der Waals surface area contributed by atoms with Crippen LogP contribution in [0.15, 0.2) is 12.1 Å². The molecular formula is C13H13AsO3. The SMILES string of the molecule is COc1ccc2c3c1C(=O)CC[As]3CCC2=O. The third kappa shape index (κ3) is 1.56. The van der Waals surface area contributed by atoms with Crippen LogP contribution in [-0.2, 0) is 0 Å². The summed E-state index contributed by atoms with van der Waals surface area (Å²) in [6.45, 7) is 0. The summed E-state index contributed by atoms with van der Waals surface area (Å²) in [4.78, 5) is 23.9. The zero-order chi connectivity index (χ0) is 12.0. The molecule has 0 aromatic heterocycles. The van der Waals surface area contributed by atoms with Gasteiger partial charge < -0.3 is 0 Å². The number of ketones is 2. The molecule has 0 amide bonds. The average molecular weight is 292 g/mol. The molecule has 4 heteroatoms. The van der Waals surface area contributed by atoms with Crippen molar-refractivity contribution in [1.82, 2.24) is 0 Å². The quantitative estimate of drug-likeness (QED) is 0.738. The number of rotatable bonds is 1. The second-order valence-electron chi connectivity index (χ2n) is 4.37. The number of Topliss-reactive ketones (excluding diaryl/α,β-unsaturated/α-hetero) is 2. The van der Waals surface area contributed by atoms with E-state index in [-0.39, 0.29) is 11.6 Å². The van der Waals surface area contributed by atoms with Gasteiger partial charge >= 0.3 is 104 Å². The fourth-order valence-corrected chi connectivity index (χ4v) is 8.32. The van der Waals surface area contributed by atoms with Gasteiger partial charge in [-0.1, -0.05) is 0 Å². The minimum atomic E-state index is -1.17. The van der Waals surface area contributed by atoms with Crippen LogP contribution < -0.4 is 9.09 Å². The van der Waals surface area contributed by atoms with E-state index < -0.39 is 14.7 Å².